The number of fused-ring (bicyclic) bond motifs is 2. The Balaban J connectivity index is 0.000000583. The normalized spacial score (nSPS) is 20.6. The average Bonchev–Trinajstić information content (AvgIpc) is 3.24. The molecule has 0 amide bonds. The van der Waals surface area contributed by atoms with E-state index in [4.69, 9.17) is 4.98 Å². The van der Waals surface area contributed by atoms with Crippen LogP contribution in [0.5, 0.6) is 0 Å². The molecule has 0 saturated carbocycles. The van der Waals surface area contributed by atoms with Crippen molar-refractivity contribution in [3.63, 3.8) is 0 Å². The van der Waals surface area contributed by atoms with Crippen LogP contribution in [0.25, 0.3) is 0 Å². The average molecular weight is 494 g/mol. The van der Waals surface area contributed by atoms with Gasteiger partial charge >= 0.3 is 0 Å². The van der Waals surface area contributed by atoms with E-state index in [-0.39, 0.29) is 0 Å². The molecule has 2 aliphatic heterocycles. The molecule has 4 rings (SSSR count). The van der Waals surface area contributed by atoms with Crippen LogP contribution in [0.4, 0.5) is 5.69 Å². The van der Waals surface area contributed by atoms with Crippen LogP contribution < -0.4 is 10.6 Å². The number of benzene rings is 1. The number of piperidine rings is 1. The third-order valence-corrected chi connectivity index (χ3v) is 6.92. The Kier molecular flexibility index (Phi) is 13.0. The standard InChI is InChI=1S/C24H37N5.C4H8.C3H6/c1-18-24(12-14-25-3)29(19(2)27-18)23-16-21-10-11-22(17-23)28(21)15-7-13-26-20-8-5-4-6-9-20;1-4(2)3;1-3-2/h4-6,8-9,21-23,25-26H,7,10-17H2,1-3H3;1H2,2-3H3;3H,1H2,2H3. The molecule has 1 aromatic heterocycles. The van der Waals surface area contributed by atoms with Crippen molar-refractivity contribution in [2.24, 2.45) is 0 Å². The zero-order valence-corrected chi connectivity index (χ0v) is 23.8. The van der Waals surface area contributed by atoms with Gasteiger partial charge in [-0.3, -0.25) is 4.90 Å². The van der Waals surface area contributed by atoms with Crippen LogP contribution in [0.1, 0.15) is 76.1 Å². The molecule has 1 aromatic carbocycles. The molecule has 36 heavy (non-hydrogen) atoms. The molecule has 2 aromatic rings. The maximum atomic E-state index is 4.83. The number of para-hydroxylation sites is 1. The number of likely N-dealkylation sites (N-methyl/N-ethyl adjacent to an activating group) is 1. The minimum atomic E-state index is 0.624. The fraction of sp³-hybridized carbons (Fsp3) is 0.581. The van der Waals surface area contributed by atoms with Crippen molar-refractivity contribution in [2.45, 2.75) is 91.3 Å². The van der Waals surface area contributed by atoms with Gasteiger partial charge in [0, 0.05) is 55.6 Å². The number of rotatable bonds is 9. The first-order valence-electron chi connectivity index (χ1n) is 13.7. The Labute approximate surface area is 221 Å². The molecule has 2 bridgehead atoms. The van der Waals surface area contributed by atoms with Gasteiger partial charge in [-0.05, 0) is 85.9 Å². The Hall–Kier alpha value is -2.37. The lowest BCUT2D eigenvalue weighted by Gasteiger charge is -2.40. The third kappa shape index (κ3) is 8.94. The van der Waals surface area contributed by atoms with Crippen molar-refractivity contribution in [1.82, 2.24) is 19.8 Å². The van der Waals surface area contributed by atoms with Crippen molar-refractivity contribution < 1.29 is 0 Å². The van der Waals surface area contributed by atoms with Crippen LogP contribution in [-0.4, -0.2) is 53.2 Å². The number of imidazole rings is 1. The largest absolute Gasteiger partial charge is 0.385 e. The van der Waals surface area contributed by atoms with Gasteiger partial charge in [-0.1, -0.05) is 29.8 Å². The van der Waals surface area contributed by atoms with Crippen LogP contribution in [-0.2, 0) is 6.42 Å². The summed E-state index contributed by atoms with van der Waals surface area (Å²) in [6, 6.07) is 12.7. The highest BCUT2D eigenvalue weighted by atomic mass is 15.2. The number of hydrogen-bond acceptors (Lipinski definition) is 4. The van der Waals surface area contributed by atoms with Crippen LogP contribution >= 0.6 is 0 Å². The highest BCUT2D eigenvalue weighted by Gasteiger charge is 2.41. The molecular formula is C31H51N5. The molecule has 0 radical (unpaired) electrons. The van der Waals surface area contributed by atoms with E-state index in [1.807, 2.05) is 27.8 Å². The van der Waals surface area contributed by atoms with Gasteiger partial charge in [-0.2, -0.15) is 0 Å². The smallest absolute Gasteiger partial charge is 0.106 e. The molecule has 5 nitrogen and oxygen atoms in total. The molecule has 5 heteroatoms. The number of anilines is 1. The SMILES string of the molecule is C=C(C)C.C=CC.CNCCc1c(C)nc(C)n1C1CC2CCC(C1)N2CCCNc1ccccc1. The molecule has 2 N–H and O–H groups in total. The van der Waals surface area contributed by atoms with Crippen molar-refractivity contribution in [1.29, 1.82) is 0 Å². The van der Waals surface area contributed by atoms with Gasteiger partial charge in [0.05, 0.1) is 5.69 Å². The van der Waals surface area contributed by atoms with E-state index in [1.165, 1.54) is 67.1 Å². The van der Waals surface area contributed by atoms with Crippen molar-refractivity contribution in [3.05, 3.63) is 72.4 Å². The monoisotopic (exact) mass is 493 g/mol. The quantitative estimate of drug-likeness (QED) is 0.301. The number of aromatic nitrogens is 2. The van der Waals surface area contributed by atoms with Crippen molar-refractivity contribution in [3.8, 4) is 0 Å². The first kappa shape index (κ1) is 29.9. The zero-order chi connectivity index (χ0) is 26.5. The second-order valence-electron chi connectivity index (χ2n) is 10.4. The number of allylic oxidation sites excluding steroid dienone is 2. The van der Waals surface area contributed by atoms with E-state index in [2.05, 4.69) is 77.4 Å². The van der Waals surface area contributed by atoms with Crippen LogP contribution in [0, 0.1) is 13.8 Å². The van der Waals surface area contributed by atoms with Gasteiger partial charge in [-0.15, -0.1) is 13.2 Å². The van der Waals surface area contributed by atoms with Gasteiger partial charge in [0.2, 0.25) is 0 Å². The summed E-state index contributed by atoms with van der Waals surface area (Å²) >= 11 is 0. The number of nitrogens with one attached hydrogen (secondary N) is 2. The van der Waals surface area contributed by atoms with Gasteiger partial charge in [0.15, 0.2) is 0 Å². The summed E-state index contributed by atoms with van der Waals surface area (Å²) in [7, 11) is 2.04. The highest BCUT2D eigenvalue weighted by Crippen LogP contribution is 2.42. The fourth-order valence-electron chi connectivity index (χ4n) is 5.63. The van der Waals surface area contributed by atoms with Crippen LogP contribution in [0.2, 0.25) is 0 Å². The molecule has 2 unspecified atom stereocenters. The van der Waals surface area contributed by atoms with E-state index < -0.39 is 0 Å². The predicted octanol–water partition coefficient (Wildman–Crippen LogP) is 6.71. The van der Waals surface area contributed by atoms with Gasteiger partial charge in [0.25, 0.3) is 0 Å². The van der Waals surface area contributed by atoms with E-state index in [0.717, 1.165) is 31.6 Å². The van der Waals surface area contributed by atoms with Gasteiger partial charge in [-0.25, -0.2) is 4.98 Å². The van der Waals surface area contributed by atoms with E-state index in [9.17, 15) is 0 Å². The van der Waals surface area contributed by atoms with Crippen LogP contribution in [0.15, 0.2) is 55.1 Å². The highest BCUT2D eigenvalue weighted by molar-refractivity contribution is 5.42. The summed E-state index contributed by atoms with van der Waals surface area (Å²) < 4.78 is 2.59. The molecule has 3 heterocycles. The summed E-state index contributed by atoms with van der Waals surface area (Å²) in [5.74, 6) is 1.21. The van der Waals surface area contributed by atoms with Crippen molar-refractivity contribution in [2.75, 3.05) is 32.0 Å². The summed E-state index contributed by atoms with van der Waals surface area (Å²) in [6.45, 7) is 20.4. The van der Waals surface area contributed by atoms with E-state index in [1.54, 1.807) is 6.08 Å². The second-order valence-corrected chi connectivity index (χ2v) is 10.4. The number of hydrogen-bond donors (Lipinski definition) is 2. The lowest BCUT2D eigenvalue weighted by Crippen LogP contribution is -2.44. The number of nitrogens with zero attached hydrogens (tertiary/aromatic N) is 3. The Morgan fingerprint density at radius 2 is 1.64 bits per heavy atom. The minimum absolute atomic E-state index is 0.624. The fourth-order valence-corrected chi connectivity index (χ4v) is 5.63. The summed E-state index contributed by atoms with van der Waals surface area (Å²) in [5.41, 5.74) is 5.07. The van der Waals surface area contributed by atoms with Crippen molar-refractivity contribution >= 4 is 5.69 Å². The first-order valence-corrected chi connectivity index (χ1v) is 13.7. The summed E-state index contributed by atoms with van der Waals surface area (Å²) in [6.07, 6.45) is 9.34. The Morgan fingerprint density at radius 1 is 1.06 bits per heavy atom. The molecule has 0 spiro atoms. The predicted molar refractivity (Wildman–Crippen MR) is 157 cm³/mol. The topological polar surface area (TPSA) is 45.1 Å². The van der Waals surface area contributed by atoms with Gasteiger partial charge in [0.1, 0.15) is 5.82 Å². The second kappa shape index (κ2) is 15.7. The maximum absolute atomic E-state index is 4.83. The molecule has 2 saturated heterocycles. The lowest BCUT2D eigenvalue weighted by molar-refractivity contribution is 0.105. The Bertz CT molecular complexity index is 899. The molecule has 0 aliphatic carbocycles. The molecule has 200 valence electrons. The minimum Gasteiger partial charge on any atom is -0.385 e. The number of aryl methyl sites for hydroxylation is 2. The molecule has 2 atom stereocenters. The summed E-state index contributed by atoms with van der Waals surface area (Å²) in [5, 5.41) is 6.87. The van der Waals surface area contributed by atoms with E-state index in [0.29, 0.717) is 6.04 Å². The zero-order valence-electron chi connectivity index (χ0n) is 23.8. The first-order chi connectivity index (χ1) is 17.3. The van der Waals surface area contributed by atoms with E-state index >= 15 is 0 Å². The lowest BCUT2D eigenvalue weighted by atomic mass is 9.96. The Morgan fingerprint density at radius 3 is 2.19 bits per heavy atom. The van der Waals surface area contributed by atoms with Crippen LogP contribution in [0.3, 0.4) is 0 Å². The third-order valence-electron chi connectivity index (χ3n) is 6.92. The molecular weight excluding hydrogens is 442 g/mol. The molecule has 2 aliphatic rings. The summed E-state index contributed by atoms with van der Waals surface area (Å²) in [4.78, 5) is 7.65. The molecule has 2 fully saturated rings. The van der Waals surface area contributed by atoms with Gasteiger partial charge < -0.3 is 15.2 Å². The maximum Gasteiger partial charge on any atom is 0.106 e.